The zero-order valence-corrected chi connectivity index (χ0v) is 19.0. The fourth-order valence-electron chi connectivity index (χ4n) is 3.54. The van der Waals surface area contributed by atoms with Gasteiger partial charge in [0.15, 0.2) is 5.69 Å². The first-order chi connectivity index (χ1) is 16.1. The number of rotatable bonds is 7. The summed E-state index contributed by atoms with van der Waals surface area (Å²) in [5, 5.41) is 21.0. The Bertz CT molecular complexity index is 1190. The number of pyridine rings is 1. The van der Waals surface area contributed by atoms with E-state index in [0.29, 0.717) is 48.0 Å². The van der Waals surface area contributed by atoms with Crippen LogP contribution in [0.1, 0.15) is 45.8 Å². The lowest BCUT2D eigenvalue weighted by Crippen LogP contribution is -2.45. The minimum absolute atomic E-state index is 0.218. The number of para-hydroxylation sites is 1. The molecule has 0 atom stereocenters. The molecule has 3 aromatic rings. The molecule has 0 saturated carbocycles. The Hall–Kier alpha value is -3.71. The minimum Gasteiger partial charge on any atom is -0.267 e. The quantitative estimate of drug-likeness (QED) is 0.392. The van der Waals surface area contributed by atoms with Gasteiger partial charge < -0.3 is 0 Å². The normalized spacial score (nSPS) is 13.2. The molecule has 9 nitrogen and oxygen atoms in total. The molecule has 4 rings (SSSR count). The van der Waals surface area contributed by atoms with Gasteiger partial charge in [-0.15, -0.1) is 16.9 Å². The number of nitrogens with zero attached hydrogens (tertiary/aromatic N) is 7. The average Bonchev–Trinajstić information content (AvgIpc) is 3.49. The minimum atomic E-state index is -0.354. The number of carbonyl (C=O) groups is 2. The van der Waals surface area contributed by atoms with Gasteiger partial charge in [-0.25, -0.2) is 15.0 Å². The Kier molecular flexibility index (Phi) is 7.00. The molecule has 0 spiro atoms. The topological polar surface area (TPSA) is 108 Å². The van der Waals surface area contributed by atoms with E-state index >= 15 is 0 Å². The number of hydrogen-bond donors (Lipinski definition) is 0. The van der Waals surface area contributed by atoms with E-state index in [9.17, 15) is 9.59 Å². The zero-order valence-electron chi connectivity index (χ0n) is 18.2. The lowest BCUT2D eigenvalue weighted by atomic mass is 10.2. The van der Waals surface area contributed by atoms with Crippen molar-refractivity contribution in [1.29, 1.82) is 5.26 Å². The molecule has 0 unspecified atom stereocenters. The number of benzene rings is 1. The van der Waals surface area contributed by atoms with Gasteiger partial charge in [0.2, 0.25) is 0 Å². The number of hydrazine groups is 1. The monoisotopic (exact) mass is 461 g/mol. The second-order valence-corrected chi connectivity index (χ2v) is 8.52. The number of amides is 2. The summed E-state index contributed by atoms with van der Waals surface area (Å²) in [4.78, 5) is 32.5. The molecule has 0 radical (unpaired) electrons. The van der Waals surface area contributed by atoms with Gasteiger partial charge in [0, 0.05) is 31.5 Å². The molecule has 1 saturated heterocycles. The first-order valence-corrected chi connectivity index (χ1v) is 11.7. The van der Waals surface area contributed by atoms with Crippen molar-refractivity contribution in [1.82, 2.24) is 30.0 Å². The fourth-order valence-corrected chi connectivity index (χ4v) is 4.47. The molecule has 0 N–H and O–H groups in total. The lowest BCUT2D eigenvalue weighted by Gasteiger charge is -2.27. The van der Waals surface area contributed by atoms with Gasteiger partial charge in [0.1, 0.15) is 5.03 Å². The molecule has 2 aromatic heterocycles. The largest absolute Gasteiger partial charge is 0.294 e. The van der Waals surface area contributed by atoms with Crippen LogP contribution in [0.5, 0.6) is 0 Å². The number of thioether (sulfide) groups is 1. The molecule has 3 heterocycles. The Labute approximate surface area is 196 Å². The van der Waals surface area contributed by atoms with Gasteiger partial charge >= 0.3 is 0 Å². The van der Waals surface area contributed by atoms with E-state index in [1.807, 2.05) is 30.3 Å². The van der Waals surface area contributed by atoms with Crippen molar-refractivity contribution in [3.05, 3.63) is 65.6 Å². The molecule has 33 heavy (non-hydrogen) atoms. The lowest BCUT2D eigenvalue weighted by molar-refractivity contribution is 0.0179. The number of aromatic nitrogens is 4. The molecule has 1 aliphatic heterocycles. The number of aryl methyl sites for hydroxylation is 1. The first-order valence-electron chi connectivity index (χ1n) is 10.7. The highest BCUT2D eigenvalue weighted by Gasteiger charge is 2.35. The van der Waals surface area contributed by atoms with E-state index in [1.165, 1.54) is 26.6 Å². The van der Waals surface area contributed by atoms with E-state index < -0.39 is 0 Å². The van der Waals surface area contributed by atoms with Gasteiger partial charge in [-0.1, -0.05) is 18.2 Å². The van der Waals surface area contributed by atoms with Crippen molar-refractivity contribution in [3.63, 3.8) is 0 Å². The maximum atomic E-state index is 13.4. The second-order valence-electron chi connectivity index (χ2n) is 7.44. The number of nitriles is 1. The van der Waals surface area contributed by atoms with Crippen molar-refractivity contribution in [2.24, 2.45) is 0 Å². The highest BCUT2D eigenvalue weighted by atomic mass is 32.2. The third-order valence-corrected chi connectivity index (χ3v) is 6.24. The van der Waals surface area contributed by atoms with Crippen molar-refractivity contribution in [3.8, 4) is 11.8 Å². The van der Waals surface area contributed by atoms with E-state index in [2.05, 4.69) is 21.3 Å². The summed E-state index contributed by atoms with van der Waals surface area (Å²) in [6.45, 7) is 2.59. The van der Waals surface area contributed by atoms with Gasteiger partial charge in [0.05, 0.1) is 23.0 Å². The van der Waals surface area contributed by atoms with Crippen LogP contribution >= 0.6 is 11.8 Å². The van der Waals surface area contributed by atoms with Crippen LogP contribution in [0.15, 0.2) is 53.7 Å². The van der Waals surface area contributed by atoms with Crippen LogP contribution in [-0.4, -0.2) is 60.7 Å². The Morgan fingerprint density at radius 2 is 1.82 bits per heavy atom. The van der Waals surface area contributed by atoms with Crippen LogP contribution in [0, 0.1) is 18.3 Å². The van der Waals surface area contributed by atoms with E-state index in [-0.39, 0.29) is 17.5 Å². The van der Waals surface area contributed by atoms with Crippen LogP contribution in [0.25, 0.3) is 5.69 Å². The Morgan fingerprint density at radius 1 is 1.06 bits per heavy atom. The van der Waals surface area contributed by atoms with Crippen molar-refractivity contribution >= 4 is 23.6 Å². The SMILES string of the molecule is Cc1nn(-c2ccccc2)nc1C(=O)N1CCCN1C(=O)c1cccnc1SCCCC#N. The summed E-state index contributed by atoms with van der Waals surface area (Å²) >= 11 is 1.44. The summed E-state index contributed by atoms with van der Waals surface area (Å²) in [6.07, 6.45) is 3.49. The van der Waals surface area contributed by atoms with Crippen molar-refractivity contribution < 1.29 is 9.59 Å². The molecular weight excluding hydrogens is 438 g/mol. The van der Waals surface area contributed by atoms with Gasteiger partial charge in [-0.3, -0.25) is 9.59 Å². The van der Waals surface area contributed by atoms with Crippen LogP contribution in [0.2, 0.25) is 0 Å². The summed E-state index contributed by atoms with van der Waals surface area (Å²) < 4.78 is 0. The zero-order chi connectivity index (χ0) is 23.2. The maximum Gasteiger partial charge on any atom is 0.294 e. The predicted molar refractivity (Wildman–Crippen MR) is 123 cm³/mol. The summed E-state index contributed by atoms with van der Waals surface area (Å²) in [5.41, 5.74) is 1.92. The molecule has 1 fully saturated rings. The van der Waals surface area contributed by atoms with Gasteiger partial charge in [0.25, 0.3) is 11.8 Å². The highest BCUT2D eigenvalue weighted by Crippen LogP contribution is 2.25. The third-order valence-electron chi connectivity index (χ3n) is 5.15. The number of unbranched alkanes of at least 4 members (excludes halogenated alkanes) is 1. The average molecular weight is 462 g/mol. The summed E-state index contributed by atoms with van der Waals surface area (Å²) in [6, 6.07) is 14.9. The van der Waals surface area contributed by atoms with Crippen LogP contribution in [-0.2, 0) is 0 Å². The Morgan fingerprint density at radius 3 is 2.58 bits per heavy atom. The van der Waals surface area contributed by atoms with E-state index in [1.54, 1.807) is 25.3 Å². The predicted octanol–water partition coefficient (Wildman–Crippen LogP) is 3.27. The standard InChI is InChI=1S/C23H23N7O2S/c1-17-20(27-30(26-17)18-9-3-2-4-10-18)23(32)29-15-8-14-28(29)22(31)19-11-7-13-25-21(19)33-16-6-5-12-24/h2-4,7,9-11,13H,5-6,8,14-16H2,1H3. The Balaban J connectivity index is 1.54. The molecule has 2 amide bonds. The molecule has 0 aliphatic carbocycles. The fraction of sp³-hybridized carbons (Fsp3) is 0.304. The second kappa shape index (κ2) is 10.3. The van der Waals surface area contributed by atoms with E-state index in [4.69, 9.17) is 5.26 Å². The van der Waals surface area contributed by atoms with Crippen LogP contribution in [0.4, 0.5) is 0 Å². The first kappa shape index (κ1) is 22.5. The molecule has 1 aliphatic rings. The molecule has 0 bridgehead atoms. The molecular formula is C23H23N7O2S. The molecule has 168 valence electrons. The van der Waals surface area contributed by atoms with Crippen molar-refractivity contribution in [2.75, 3.05) is 18.8 Å². The van der Waals surface area contributed by atoms with Crippen molar-refractivity contribution in [2.45, 2.75) is 31.2 Å². The smallest absolute Gasteiger partial charge is 0.267 e. The third kappa shape index (κ3) is 4.88. The van der Waals surface area contributed by atoms with Gasteiger partial charge in [-0.2, -0.15) is 15.2 Å². The van der Waals surface area contributed by atoms with Crippen LogP contribution in [0.3, 0.4) is 0 Å². The van der Waals surface area contributed by atoms with E-state index in [0.717, 1.165) is 12.1 Å². The van der Waals surface area contributed by atoms with Gasteiger partial charge in [-0.05, 0) is 44.0 Å². The summed E-state index contributed by atoms with van der Waals surface area (Å²) in [7, 11) is 0. The number of carbonyl (C=O) groups excluding carboxylic acids is 2. The highest BCUT2D eigenvalue weighted by molar-refractivity contribution is 7.99. The maximum absolute atomic E-state index is 13.4. The van der Waals surface area contributed by atoms with Crippen LogP contribution < -0.4 is 0 Å². The molecule has 10 heteroatoms. The summed E-state index contributed by atoms with van der Waals surface area (Å²) in [5.74, 6) is 0.0624. The number of hydrogen-bond acceptors (Lipinski definition) is 7. The molecule has 1 aromatic carbocycles.